The van der Waals surface area contributed by atoms with Crippen molar-refractivity contribution in [3.05, 3.63) is 29.8 Å². The Balaban J connectivity index is 1.94. The van der Waals surface area contributed by atoms with Crippen molar-refractivity contribution in [2.24, 2.45) is 11.8 Å². The summed E-state index contributed by atoms with van der Waals surface area (Å²) in [5.41, 5.74) is 0.307. The maximum absolute atomic E-state index is 12.4. The number of carboxylic acid groups (broad SMARTS) is 1. The van der Waals surface area contributed by atoms with Gasteiger partial charge >= 0.3 is 12.3 Å². The van der Waals surface area contributed by atoms with Crippen molar-refractivity contribution in [1.29, 1.82) is 0 Å². The first-order chi connectivity index (χ1) is 11.7. The van der Waals surface area contributed by atoms with Crippen LogP contribution in [0.2, 0.25) is 0 Å². The fourth-order valence-electron chi connectivity index (χ4n) is 3.07. The summed E-state index contributed by atoms with van der Waals surface area (Å²) in [6, 6.07) is 5.73. The van der Waals surface area contributed by atoms with Crippen LogP contribution in [0.3, 0.4) is 0 Å². The zero-order valence-electron chi connectivity index (χ0n) is 13.8. The third-order valence-electron chi connectivity index (χ3n) is 4.38. The van der Waals surface area contributed by atoms with Crippen molar-refractivity contribution in [2.45, 2.75) is 32.5 Å². The molecule has 0 radical (unpaired) electrons. The Kier molecular flexibility index (Phi) is 5.92. The summed E-state index contributed by atoms with van der Waals surface area (Å²) in [5, 5.41) is 9.10. The number of likely N-dealkylation sites (tertiary alicyclic amines) is 1. The van der Waals surface area contributed by atoms with Gasteiger partial charge in [-0.15, -0.1) is 13.2 Å². The molecule has 1 aliphatic rings. The lowest BCUT2D eigenvalue weighted by molar-refractivity contribution is -0.274. The van der Waals surface area contributed by atoms with Crippen LogP contribution in [0.1, 0.15) is 25.3 Å². The van der Waals surface area contributed by atoms with Gasteiger partial charge in [0.1, 0.15) is 5.75 Å². The first kappa shape index (κ1) is 19.1. The number of alkyl halides is 3. The van der Waals surface area contributed by atoms with Crippen molar-refractivity contribution >= 4 is 11.9 Å². The molecule has 1 N–H and O–H groups in total. The van der Waals surface area contributed by atoms with Gasteiger partial charge in [-0.25, -0.2) is 0 Å². The Morgan fingerprint density at radius 3 is 2.60 bits per heavy atom. The lowest BCUT2D eigenvalue weighted by atomic mass is 9.87. The quantitative estimate of drug-likeness (QED) is 0.877. The Labute approximate surface area is 143 Å². The topological polar surface area (TPSA) is 66.8 Å². The molecule has 1 saturated heterocycles. The van der Waals surface area contributed by atoms with Crippen LogP contribution in [0.5, 0.6) is 5.75 Å². The Hall–Kier alpha value is -2.25. The van der Waals surface area contributed by atoms with Crippen LogP contribution >= 0.6 is 0 Å². The van der Waals surface area contributed by atoms with Crippen LogP contribution in [0.4, 0.5) is 13.2 Å². The molecular weight excluding hydrogens is 339 g/mol. The minimum absolute atomic E-state index is 0.0443. The molecule has 0 spiro atoms. The highest BCUT2D eigenvalue weighted by molar-refractivity contribution is 5.77. The van der Waals surface area contributed by atoms with Crippen LogP contribution in [0, 0.1) is 11.8 Å². The number of piperidine rings is 1. The summed E-state index contributed by atoms with van der Waals surface area (Å²) < 4.78 is 41.2. The first-order valence-electron chi connectivity index (χ1n) is 8.01. The number of nitrogens with zero attached hydrogens (tertiary/aromatic N) is 1. The van der Waals surface area contributed by atoms with Gasteiger partial charge in [-0.2, -0.15) is 0 Å². The van der Waals surface area contributed by atoms with E-state index in [4.69, 9.17) is 5.11 Å². The number of carboxylic acids is 1. The number of hydrogen-bond acceptors (Lipinski definition) is 3. The van der Waals surface area contributed by atoms with Gasteiger partial charge in [0.15, 0.2) is 0 Å². The smallest absolute Gasteiger partial charge is 0.481 e. The average Bonchev–Trinajstić information content (AvgIpc) is 2.51. The molecule has 2 rings (SSSR count). The van der Waals surface area contributed by atoms with Crippen molar-refractivity contribution in [3.8, 4) is 5.75 Å². The zero-order chi connectivity index (χ0) is 18.6. The molecule has 8 heteroatoms. The first-order valence-corrected chi connectivity index (χ1v) is 8.01. The number of aryl methyl sites for hydroxylation is 1. The van der Waals surface area contributed by atoms with Crippen molar-refractivity contribution in [1.82, 2.24) is 4.90 Å². The number of benzene rings is 1. The number of halogens is 3. The highest BCUT2D eigenvalue weighted by Gasteiger charge is 2.33. The van der Waals surface area contributed by atoms with E-state index in [0.29, 0.717) is 25.1 Å². The summed E-state index contributed by atoms with van der Waals surface area (Å²) in [7, 11) is 0. The van der Waals surface area contributed by atoms with Gasteiger partial charge in [0.25, 0.3) is 0 Å². The zero-order valence-corrected chi connectivity index (χ0v) is 13.8. The minimum atomic E-state index is -4.78. The summed E-state index contributed by atoms with van der Waals surface area (Å²) in [6.07, 6.45) is -4.23. The van der Waals surface area contributed by atoms with Gasteiger partial charge in [0.2, 0.25) is 5.91 Å². The van der Waals surface area contributed by atoms with E-state index in [1.807, 2.05) is 0 Å². The molecule has 1 aromatic rings. The van der Waals surface area contributed by atoms with Crippen LogP contribution < -0.4 is 4.74 Å². The van der Waals surface area contributed by atoms with Crippen molar-refractivity contribution < 1.29 is 32.6 Å². The van der Waals surface area contributed by atoms with E-state index in [-0.39, 0.29) is 30.4 Å². The fourth-order valence-corrected chi connectivity index (χ4v) is 3.07. The highest BCUT2D eigenvalue weighted by atomic mass is 19.4. The highest BCUT2D eigenvalue weighted by Crippen LogP contribution is 2.28. The Morgan fingerprint density at radius 2 is 2.00 bits per heavy atom. The minimum Gasteiger partial charge on any atom is -0.481 e. The number of carbonyl (C=O) groups excluding carboxylic acids is 1. The van der Waals surface area contributed by atoms with Crippen LogP contribution in [-0.2, 0) is 16.0 Å². The predicted molar refractivity (Wildman–Crippen MR) is 82.9 cm³/mol. The van der Waals surface area contributed by atoms with Gasteiger partial charge in [-0.05, 0) is 30.4 Å². The summed E-state index contributed by atoms with van der Waals surface area (Å²) >= 11 is 0. The van der Waals surface area contributed by atoms with Crippen LogP contribution in [0.25, 0.3) is 0 Å². The van der Waals surface area contributed by atoms with Crippen LogP contribution in [-0.4, -0.2) is 41.3 Å². The van der Waals surface area contributed by atoms with Gasteiger partial charge in [0, 0.05) is 19.5 Å². The van der Waals surface area contributed by atoms with Gasteiger partial charge in [0.05, 0.1) is 5.92 Å². The van der Waals surface area contributed by atoms with Crippen molar-refractivity contribution in [2.75, 3.05) is 13.1 Å². The normalized spacial score (nSPS) is 21.0. The monoisotopic (exact) mass is 359 g/mol. The molecule has 0 aromatic heterocycles. The SMILES string of the molecule is CC1CN(C(=O)CCc2ccccc2OC(F)(F)F)CCC1C(=O)O. The molecule has 1 amide bonds. The number of rotatable bonds is 5. The lowest BCUT2D eigenvalue weighted by Crippen LogP contribution is -2.45. The molecule has 0 saturated carbocycles. The van der Waals surface area contributed by atoms with E-state index in [9.17, 15) is 22.8 Å². The summed E-state index contributed by atoms with van der Waals surface area (Å²) in [4.78, 5) is 25.0. The number of carbonyl (C=O) groups is 2. The maximum atomic E-state index is 12.4. The number of aliphatic carboxylic acids is 1. The molecule has 1 heterocycles. The second kappa shape index (κ2) is 7.76. The molecular formula is C17H20F3NO4. The molecule has 1 aromatic carbocycles. The number of para-hydroxylation sites is 1. The number of amides is 1. The molecule has 2 atom stereocenters. The second-order valence-electron chi connectivity index (χ2n) is 6.21. The molecule has 0 bridgehead atoms. The molecule has 138 valence electrons. The molecule has 2 unspecified atom stereocenters. The van der Waals surface area contributed by atoms with Gasteiger partial charge < -0.3 is 14.7 Å². The second-order valence-corrected chi connectivity index (χ2v) is 6.21. The standard InChI is InChI=1S/C17H20F3NO4/c1-11-10-21(9-8-13(11)16(23)24)15(22)7-6-12-4-2-3-5-14(12)25-17(18,19)20/h2-5,11,13H,6-10H2,1H3,(H,23,24). The third-order valence-corrected chi connectivity index (χ3v) is 4.38. The van der Waals surface area contributed by atoms with E-state index in [2.05, 4.69) is 4.74 Å². The molecule has 1 fully saturated rings. The van der Waals surface area contributed by atoms with Gasteiger partial charge in [-0.1, -0.05) is 25.1 Å². The molecule has 0 aliphatic carbocycles. The summed E-state index contributed by atoms with van der Waals surface area (Å²) in [5.74, 6) is -1.99. The largest absolute Gasteiger partial charge is 0.573 e. The molecule has 5 nitrogen and oxygen atoms in total. The lowest BCUT2D eigenvalue weighted by Gasteiger charge is -2.35. The Bertz CT molecular complexity index is 633. The van der Waals surface area contributed by atoms with Crippen molar-refractivity contribution in [3.63, 3.8) is 0 Å². The third kappa shape index (κ3) is 5.37. The Morgan fingerprint density at radius 1 is 1.32 bits per heavy atom. The predicted octanol–water partition coefficient (Wildman–Crippen LogP) is 3.09. The maximum Gasteiger partial charge on any atom is 0.573 e. The van der Waals surface area contributed by atoms with E-state index in [0.717, 1.165) is 0 Å². The van der Waals surface area contributed by atoms with E-state index >= 15 is 0 Å². The molecule has 1 aliphatic heterocycles. The van der Waals surface area contributed by atoms with E-state index < -0.39 is 18.2 Å². The molecule has 25 heavy (non-hydrogen) atoms. The van der Waals surface area contributed by atoms with E-state index in [1.54, 1.807) is 17.9 Å². The summed E-state index contributed by atoms with van der Waals surface area (Å²) in [6.45, 7) is 2.47. The van der Waals surface area contributed by atoms with Gasteiger partial charge in [-0.3, -0.25) is 9.59 Å². The number of hydrogen-bond donors (Lipinski definition) is 1. The average molecular weight is 359 g/mol. The van der Waals surface area contributed by atoms with Crippen LogP contribution in [0.15, 0.2) is 24.3 Å². The number of ether oxygens (including phenoxy) is 1. The van der Waals surface area contributed by atoms with E-state index in [1.165, 1.54) is 18.2 Å². The fraction of sp³-hybridized carbons (Fsp3) is 0.529.